The van der Waals surface area contributed by atoms with Crippen molar-refractivity contribution in [3.05, 3.63) is 35.9 Å². The highest BCUT2D eigenvalue weighted by Gasteiger charge is 2.36. The first-order chi connectivity index (χ1) is 11.3. The van der Waals surface area contributed by atoms with Crippen LogP contribution >= 0.6 is 0 Å². The summed E-state index contributed by atoms with van der Waals surface area (Å²) in [7, 11) is 0. The summed E-state index contributed by atoms with van der Waals surface area (Å²) in [4.78, 5) is 37.8. The highest BCUT2D eigenvalue weighted by molar-refractivity contribution is 5.96. The van der Waals surface area contributed by atoms with E-state index in [1.807, 2.05) is 0 Å². The number of nitrogens with zero attached hydrogens (tertiary/aromatic N) is 1. The van der Waals surface area contributed by atoms with Gasteiger partial charge in [-0.25, -0.2) is 4.79 Å². The van der Waals surface area contributed by atoms with Crippen molar-refractivity contribution < 1.29 is 19.1 Å². The molecule has 0 spiro atoms. The van der Waals surface area contributed by atoms with Crippen LogP contribution in [0.5, 0.6) is 0 Å². The lowest BCUT2D eigenvalue weighted by Crippen LogP contribution is -2.52. The first-order valence-corrected chi connectivity index (χ1v) is 7.93. The van der Waals surface area contributed by atoms with Crippen LogP contribution in [-0.4, -0.2) is 41.0 Å². The molecular weight excluding hydrogens is 310 g/mol. The Morgan fingerprint density at radius 3 is 2.42 bits per heavy atom. The zero-order valence-corrected chi connectivity index (χ0v) is 14.2. The van der Waals surface area contributed by atoms with Crippen LogP contribution in [0.3, 0.4) is 0 Å². The molecular formula is C17H23N3O4. The number of hydrogen-bond donors (Lipinski definition) is 2. The van der Waals surface area contributed by atoms with E-state index in [9.17, 15) is 14.4 Å². The first-order valence-electron chi connectivity index (χ1n) is 7.93. The Bertz CT molecular complexity index is 610. The predicted molar refractivity (Wildman–Crippen MR) is 88.0 cm³/mol. The van der Waals surface area contributed by atoms with Crippen molar-refractivity contribution in [3.8, 4) is 0 Å². The maximum atomic E-state index is 12.3. The molecule has 1 aromatic rings. The summed E-state index contributed by atoms with van der Waals surface area (Å²) < 4.78 is 5.32. The van der Waals surface area contributed by atoms with E-state index in [1.54, 1.807) is 51.1 Å². The van der Waals surface area contributed by atoms with Gasteiger partial charge < -0.3 is 4.74 Å². The van der Waals surface area contributed by atoms with Crippen LogP contribution in [0.1, 0.15) is 44.0 Å². The Balaban J connectivity index is 1.91. The smallest absolute Gasteiger partial charge is 0.410 e. The number of rotatable bonds is 2. The minimum Gasteiger partial charge on any atom is -0.444 e. The number of ether oxygens (including phenoxy) is 1. The lowest BCUT2D eigenvalue weighted by molar-refractivity contribution is -0.126. The SMILES string of the molecule is CC(C)(C)OC(=O)N1CCC[C@H]1C(=O)NNC(=O)c1ccccc1. The van der Waals surface area contributed by atoms with Crippen molar-refractivity contribution in [3.63, 3.8) is 0 Å². The molecule has 1 aliphatic heterocycles. The van der Waals surface area contributed by atoms with E-state index in [4.69, 9.17) is 4.74 Å². The molecule has 1 saturated heterocycles. The third kappa shape index (κ3) is 4.71. The predicted octanol–water partition coefficient (Wildman–Crippen LogP) is 1.85. The van der Waals surface area contributed by atoms with Gasteiger partial charge in [-0.15, -0.1) is 0 Å². The summed E-state index contributed by atoms with van der Waals surface area (Å²) in [5.41, 5.74) is 4.56. The number of carbonyl (C=O) groups excluding carboxylic acids is 3. The second kappa shape index (κ2) is 7.33. The second-order valence-corrected chi connectivity index (χ2v) is 6.64. The number of carbonyl (C=O) groups is 3. The second-order valence-electron chi connectivity index (χ2n) is 6.64. The fourth-order valence-electron chi connectivity index (χ4n) is 2.44. The molecule has 2 N–H and O–H groups in total. The molecule has 1 aromatic carbocycles. The first kappa shape index (κ1) is 17.8. The average Bonchev–Trinajstić information content (AvgIpc) is 3.01. The minimum absolute atomic E-state index is 0.411. The summed E-state index contributed by atoms with van der Waals surface area (Å²) in [6.07, 6.45) is 0.727. The molecule has 1 atom stereocenters. The van der Waals surface area contributed by atoms with Gasteiger partial charge in [0.05, 0.1) is 0 Å². The van der Waals surface area contributed by atoms with Gasteiger partial charge in [0.2, 0.25) is 0 Å². The van der Waals surface area contributed by atoms with Crippen molar-refractivity contribution >= 4 is 17.9 Å². The molecule has 1 heterocycles. The number of benzene rings is 1. The third-order valence-corrected chi connectivity index (χ3v) is 3.52. The summed E-state index contributed by atoms with van der Waals surface area (Å²) in [6.45, 7) is 5.78. The highest BCUT2D eigenvalue weighted by Crippen LogP contribution is 2.20. The molecule has 0 saturated carbocycles. The van der Waals surface area contributed by atoms with E-state index in [-0.39, 0.29) is 0 Å². The Kier molecular flexibility index (Phi) is 5.43. The van der Waals surface area contributed by atoms with Gasteiger partial charge in [0.15, 0.2) is 0 Å². The van der Waals surface area contributed by atoms with Crippen LogP contribution in [0.15, 0.2) is 30.3 Å². The van der Waals surface area contributed by atoms with E-state index < -0.39 is 29.6 Å². The normalized spacial score (nSPS) is 17.3. The quantitative estimate of drug-likeness (QED) is 0.809. The number of likely N-dealkylation sites (tertiary alicyclic amines) is 1. The molecule has 0 radical (unpaired) electrons. The third-order valence-electron chi connectivity index (χ3n) is 3.52. The molecule has 3 amide bonds. The number of nitrogens with one attached hydrogen (secondary N) is 2. The van der Waals surface area contributed by atoms with Gasteiger partial charge in [-0.1, -0.05) is 18.2 Å². The molecule has 24 heavy (non-hydrogen) atoms. The molecule has 0 unspecified atom stereocenters. The Hall–Kier alpha value is -2.57. The Labute approximate surface area is 141 Å². The van der Waals surface area contributed by atoms with Crippen molar-refractivity contribution in [2.45, 2.75) is 45.3 Å². The van der Waals surface area contributed by atoms with Crippen molar-refractivity contribution in [2.75, 3.05) is 6.54 Å². The van der Waals surface area contributed by atoms with E-state index in [1.165, 1.54) is 4.90 Å². The fourth-order valence-corrected chi connectivity index (χ4v) is 2.44. The van der Waals surface area contributed by atoms with Gasteiger partial charge in [-0.2, -0.15) is 0 Å². The molecule has 130 valence electrons. The zero-order valence-electron chi connectivity index (χ0n) is 14.2. The van der Waals surface area contributed by atoms with Gasteiger partial charge in [0.25, 0.3) is 11.8 Å². The standard InChI is InChI=1S/C17H23N3O4/c1-17(2,3)24-16(23)20-11-7-10-13(20)15(22)19-18-14(21)12-8-5-4-6-9-12/h4-6,8-9,13H,7,10-11H2,1-3H3,(H,18,21)(H,19,22)/t13-/m0/s1. The van der Waals surface area contributed by atoms with Gasteiger partial charge >= 0.3 is 6.09 Å². The molecule has 2 rings (SSSR count). The van der Waals surface area contributed by atoms with Crippen LogP contribution in [0.4, 0.5) is 4.79 Å². The molecule has 1 aliphatic rings. The van der Waals surface area contributed by atoms with Crippen molar-refractivity contribution in [2.24, 2.45) is 0 Å². The van der Waals surface area contributed by atoms with Crippen LogP contribution < -0.4 is 10.9 Å². The number of hydrazine groups is 1. The summed E-state index contributed by atoms with van der Waals surface area (Å²) in [6, 6.07) is 7.91. The molecule has 1 fully saturated rings. The van der Waals surface area contributed by atoms with Crippen LogP contribution in [-0.2, 0) is 9.53 Å². The van der Waals surface area contributed by atoms with Crippen LogP contribution in [0, 0.1) is 0 Å². The maximum Gasteiger partial charge on any atom is 0.410 e. The molecule has 0 aromatic heterocycles. The minimum atomic E-state index is -0.643. The summed E-state index contributed by atoms with van der Waals surface area (Å²) in [5, 5.41) is 0. The number of hydrogen-bond acceptors (Lipinski definition) is 4. The Morgan fingerprint density at radius 2 is 1.79 bits per heavy atom. The van der Waals surface area contributed by atoms with Crippen molar-refractivity contribution in [1.29, 1.82) is 0 Å². The van der Waals surface area contributed by atoms with Gasteiger partial charge in [0.1, 0.15) is 11.6 Å². The van der Waals surface area contributed by atoms with E-state index >= 15 is 0 Å². The molecule has 0 bridgehead atoms. The van der Waals surface area contributed by atoms with E-state index in [2.05, 4.69) is 10.9 Å². The van der Waals surface area contributed by atoms with Gasteiger partial charge in [-0.3, -0.25) is 25.3 Å². The zero-order chi connectivity index (χ0) is 17.7. The van der Waals surface area contributed by atoms with Gasteiger partial charge in [0, 0.05) is 12.1 Å². The molecule has 0 aliphatic carbocycles. The fraction of sp³-hybridized carbons (Fsp3) is 0.471. The highest BCUT2D eigenvalue weighted by atomic mass is 16.6. The average molecular weight is 333 g/mol. The lowest BCUT2D eigenvalue weighted by Gasteiger charge is -2.28. The van der Waals surface area contributed by atoms with Gasteiger partial charge in [-0.05, 0) is 45.7 Å². The lowest BCUT2D eigenvalue weighted by atomic mass is 10.2. The van der Waals surface area contributed by atoms with Crippen molar-refractivity contribution in [1.82, 2.24) is 15.8 Å². The Morgan fingerprint density at radius 1 is 1.12 bits per heavy atom. The van der Waals surface area contributed by atoms with Crippen LogP contribution in [0.2, 0.25) is 0 Å². The number of amides is 3. The maximum absolute atomic E-state index is 12.3. The largest absolute Gasteiger partial charge is 0.444 e. The molecule has 7 nitrogen and oxygen atoms in total. The summed E-state index contributed by atoms with van der Waals surface area (Å²) in [5.74, 6) is -0.839. The van der Waals surface area contributed by atoms with E-state index in [0.717, 1.165) is 0 Å². The van der Waals surface area contributed by atoms with E-state index in [0.29, 0.717) is 24.9 Å². The summed E-state index contributed by atoms with van der Waals surface area (Å²) >= 11 is 0. The monoisotopic (exact) mass is 333 g/mol. The molecule has 7 heteroatoms. The van der Waals surface area contributed by atoms with Crippen LogP contribution in [0.25, 0.3) is 0 Å². The topological polar surface area (TPSA) is 87.7 Å².